The molecular formula is C76H54F4N2. The molecule has 0 fully saturated rings. The Labute approximate surface area is 475 Å². The highest BCUT2D eigenvalue weighted by atomic mass is 19.1. The maximum atomic E-state index is 16.0. The zero-order chi connectivity index (χ0) is 56.0. The summed E-state index contributed by atoms with van der Waals surface area (Å²) in [4.78, 5) is 4.57. The molecule has 0 heterocycles. The average Bonchev–Trinajstić information content (AvgIpc) is 2.09. The van der Waals surface area contributed by atoms with E-state index in [0.29, 0.717) is 33.0 Å². The Morgan fingerprint density at radius 3 is 0.951 bits per heavy atom. The van der Waals surface area contributed by atoms with Gasteiger partial charge in [-0.05, 0) is 186 Å². The van der Waals surface area contributed by atoms with Crippen LogP contribution in [-0.2, 0) is 10.8 Å². The molecule has 82 heavy (non-hydrogen) atoms. The van der Waals surface area contributed by atoms with Gasteiger partial charge in [0.25, 0.3) is 0 Å². The van der Waals surface area contributed by atoms with Crippen molar-refractivity contribution < 1.29 is 17.6 Å². The maximum absolute atomic E-state index is 16.0. The molecule has 6 heteroatoms. The summed E-state index contributed by atoms with van der Waals surface area (Å²) in [6.07, 6.45) is 0. The molecule has 0 saturated heterocycles. The van der Waals surface area contributed by atoms with Gasteiger partial charge in [0.1, 0.15) is 23.3 Å². The number of anilines is 6. The SMILES string of the molecule is CC1(C)c2cc(N(c3ccccc3)c3ccccc3-c3ccccc3)ccc2-c2c1cc1c(-c3cc(F)cc(F)c3)c3c(cc1c2-c1cc(F)cc(F)c1)C(C)(C)c1cc(N(c2ccccc2)c2ccccc2-c2ccccc2)ccc1-3. The van der Waals surface area contributed by atoms with Crippen LogP contribution < -0.4 is 9.80 Å². The first kappa shape index (κ1) is 50.4. The number of rotatable bonds is 10. The van der Waals surface area contributed by atoms with Crippen molar-refractivity contribution in [3.8, 4) is 66.8 Å². The number of fused-ring (bicyclic) bond motifs is 7. The highest BCUT2D eigenvalue weighted by Crippen LogP contribution is 2.61. The van der Waals surface area contributed by atoms with Crippen LogP contribution in [0.5, 0.6) is 0 Å². The molecule has 2 nitrogen and oxygen atoms in total. The Balaban J connectivity index is 1.03. The van der Waals surface area contributed by atoms with Crippen LogP contribution in [0.15, 0.2) is 255 Å². The van der Waals surface area contributed by atoms with Crippen molar-refractivity contribution in [3.05, 3.63) is 300 Å². The largest absolute Gasteiger partial charge is 0.310 e. The van der Waals surface area contributed by atoms with E-state index in [1.807, 2.05) is 48.5 Å². The van der Waals surface area contributed by atoms with Crippen molar-refractivity contribution in [1.29, 1.82) is 0 Å². The fourth-order valence-electron chi connectivity index (χ4n) is 13.3. The molecule has 12 aromatic carbocycles. The van der Waals surface area contributed by atoms with Gasteiger partial charge in [-0.1, -0.05) is 173 Å². The van der Waals surface area contributed by atoms with Gasteiger partial charge in [-0.2, -0.15) is 0 Å². The Morgan fingerprint density at radius 1 is 0.256 bits per heavy atom. The van der Waals surface area contributed by atoms with Gasteiger partial charge in [0.2, 0.25) is 0 Å². The van der Waals surface area contributed by atoms with E-state index in [9.17, 15) is 0 Å². The molecule has 14 rings (SSSR count). The molecule has 0 unspecified atom stereocenters. The Hall–Kier alpha value is -9.78. The second-order valence-corrected chi connectivity index (χ2v) is 22.6. The summed E-state index contributed by atoms with van der Waals surface area (Å²) in [6.45, 7) is 8.77. The lowest BCUT2D eigenvalue weighted by molar-refractivity contribution is 0.583. The standard InChI is InChI=1S/C76H54F4N2/c1-75(2)65-43-57(81(55-25-13-7-14-26-55)69-31-19-17-29-59(69)47-21-9-5-10-22-47)33-35-61(65)73-67(75)45-63-64(71(73)49-37-51(77)41-52(78)38-49)46-68-74(72(63)50-39-53(79)42-54(80)40-50)62-36-34-58(44-66(62)76(68,3)4)82(56-27-15-8-16-28-56)70-32-20-18-30-60(70)48-23-11-6-12-24-48/h5-46H,1-4H3. The molecule has 0 atom stereocenters. The van der Waals surface area contributed by atoms with Crippen molar-refractivity contribution >= 4 is 44.9 Å². The minimum Gasteiger partial charge on any atom is -0.310 e. The predicted molar refractivity (Wildman–Crippen MR) is 330 cm³/mol. The second-order valence-electron chi connectivity index (χ2n) is 22.6. The van der Waals surface area contributed by atoms with Gasteiger partial charge in [-0.15, -0.1) is 0 Å². The van der Waals surface area contributed by atoms with Gasteiger partial charge < -0.3 is 9.80 Å². The van der Waals surface area contributed by atoms with Gasteiger partial charge in [-0.25, -0.2) is 17.6 Å². The molecule has 0 amide bonds. The minimum absolute atomic E-state index is 0.359. The first-order valence-electron chi connectivity index (χ1n) is 27.7. The molecule has 0 bridgehead atoms. The first-order valence-corrected chi connectivity index (χ1v) is 27.7. The van der Waals surface area contributed by atoms with E-state index in [2.05, 4.69) is 207 Å². The third-order valence-electron chi connectivity index (χ3n) is 17.0. The van der Waals surface area contributed by atoms with Crippen molar-refractivity contribution in [2.24, 2.45) is 0 Å². The summed E-state index contributed by atoms with van der Waals surface area (Å²) >= 11 is 0. The van der Waals surface area contributed by atoms with Crippen molar-refractivity contribution in [2.75, 3.05) is 9.80 Å². The summed E-state index contributed by atoms with van der Waals surface area (Å²) in [5.41, 5.74) is 18.1. The van der Waals surface area contributed by atoms with E-state index in [-0.39, 0.29) is 0 Å². The molecule has 0 aromatic heterocycles. The Bertz CT molecular complexity index is 4170. The number of benzene rings is 12. The highest BCUT2D eigenvalue weighted by molar-refractivity contribution is 6.17. The predicted octanol–water partition coefficient (Wildman–Crippen LogP) is 21.6. The van der Waals surface area contributed by atoms with Crippen LogP contribution >= 0.6 is 0 Å². The number of para-hydroxylation sites is 4. The topological polar surface area (TPSA) is 6.48 Å². The molecule has 396 valence electrons. The molecule has 2 aliphatic carbocycles. The van der Waals surface area contributed by atoms with Gasteiger partial charge in [0, 0.05) is 56.8 Å². The van der Waals surface area contributed by atoms with Crippen LogP contribution in [0.4, 0.5) is 51.7 Å². The lowest BCUT2D eigenvalue weighted by atomic mass is 9.76. The van der Waals surface area contributed by atoms with E-state index in [1.54, 1.807) is 0 Å². The smallest absolute Gasteiger partial charge is 0.126 e. The van der Waals surface area contributed by atoms with E-state index in [4.69, 9.17) is 0 Å². The van der Waals surface area contributed by atoms with E-state index in [1.165, 1.54) is 24.3 Å². The molecule has 0 saturated carbocycles. The summed E-state index contributed by atoms with van der Waals surface area (Å²) in [7, 11) is 0. The average molecular weight is 1070 g/mol. The van der Waals surface area contributed by atoms with Crippen LogP contribution in [0, 0.1) is 23.3 Å². The zero-order valence-corrected chi connectivity index (χ0v) is 45.7. The van der Waals surface area contributed by atoms with Crippen LogP contribution in [0.2, 0.25) is 0 Å². The fourth-order valence-corrected chi connectivity index (χ4v) is 13.3. The quantitative estimate of drug-likeness (QED) is 0.126. The summed E-state index contributed by atoms with van der Waals surface area (Å²) in [5.74, 6) is -2.85. The van der Waals surface area contributed by atoms with Gasteiger partial charge in [-0.3, -0.25) is 0 Å². The molecule has 0 radical (unpaired) electrons. The van der Waals surface area contributed by atoms with Crippen molar-refractivity contribution in [2.45, 2.75) is 38.5 Å². The molecule has 0 N–H and O–H groups in total. The molecule has 2 aliphatic rings. The van der Waals surface area contributed by atoms with Gasteiger partial charge in [0.15, 0.2) is 0 Å². The van der Waals surface area contributed by atoms with Crippen LogP contribution in [-0.4, -0.2) is 0 Å². The third kappa shape index (κ3) is 8.23. The molecule has 0 aliphatic heterocycles. The highest BCUT2D eigenvalue weighted by Gasteiger charge is 2.43. The maximum Gasteiger partial charge on any atom is 0.126 e. The Morgan fingerprint density at radius 2 is 0.585 bits per heavy atom. The fraction of sp³-hybridized carbons (Fsp3) is 0.0789. The third-order valence-corrected chi connectivity index (χ3v) is 17.0. The lowest BCUT2D eigenvalue weighted by Gasteiger charge is -2.30. The molecular weight excluding hydrogens is 1020 g/mol. The van der Waals surface area contributed by atoms with E-state index < -0.39 is 34.1 Å². The van der Waals surface area contributed by atoms with Crippen LogP contribution in [0.1, 0.15) is 49.9 Å². The number of nitrogens with zero attached hydrogens (tertiary/aromatic N) is 2. The monoisotopic (exact) mass is 1070 g/mol. The number of hydrogen-bond acceptors (Lipinski definition) is 2. The number of hydrogen-bond donors (Lipinski definition) is 0. The molecule has 0 spiro atoms. The lowest BCUT2D eigenvalue weighted by Crippen LogP contribution is -2.17. The van der Waals surface area contributed by atoms with E-state index >= 15 is 17.6 Å². The number of halogens is 4. The van der Waals surface area contributed by atoms with Crippen LogP contribution in [0.25, 0.3) is 77.5 Å². The second kappa shape index (κ2) is 19.5. The Kier molecular flexibility index (Phi) is 12.0. The van der Waals surface area contributed by atoms with Crippen molar-refractivity contribution in [3.63, 3.8) is 0 Å². The van der Waals surface area contributed by atoms with Crippen molar-refractivity contribution in [1.82, 2.24) is 0 Å². The van der Waals surface area contributed by atoms with E-state index in [0.717, 1.165) is 113 Å². The summed E-state index contributed by atoms with van der Waals surface area (Å²) < 4.78 is 64.1. The van der Waals surface area contributed by atoms with Crippen LogP contribution in [0.3, 0.4) is 0 Å². The normalized spacial score (nSPS) is 13.3. The first-order chi connectivity index (χ1) is 39.8. The summed E-state index contributed by atoms with van der Waals surface area (Å²) in [6, 6.07) is 83.0. The summed E-state index contributed by atoms with van der Waals surface area (Å²) in [5, 5.41) is 1.42. The van der Waals surface area contributed by atoms with Gasteiger partial charge in [0.05, 0.1) is 11.4 Å². The van der Waals surface area contributed by atoms with Gasteiger partial charge >= 0.3 is 0 Å². The molecule has 12 aromatic rings. The zero-order valence-electron chi connectivity index (χ0n) is 45.7. The minimum atomic E-state index is -0.713.